The summed E-state index contributed by atoms with van der Waals surface area (Å²) in [5, 5.41) is 9.30. The van der Waals surface area contributed by atoms with Crippen molar-refractivity contribution in [1.29, 1.82) is 0 Å². The van der Waals surface area contributed by atoms with Gasteiger partial charge >= 0.3 is 0 Å². The summed E-state index contributed by atoms with van der Waals surface area (Å²) in [5.74, 6) is 0.0731. The molecule has 4 nitrogen and oxygen atoms in total. The van der Waals surface area contributed by atoms with Crippen LogP contribution in [0.15, 0.2) is 11.6 Å². The van der Waals surface area contributed by atoms with Crippen molar-refractivity contribution < 1.29 is 4.79 Å². The fraction of sp³-hybridized carbons (Fsp3) is 0.692. The van der Waals surface area contributed by atoms with E-state index in [1.165, 1.54) is 25.7 Å². The molecule has 1 aromatic heterocycles. The minimum absolute atomic E-state index is 0.0582. The summed E-state index contributed by atoms with van der Waals surface area (Å²) in [4.78, 5) is 16.1. The van der Waals surface area contributed by atoms with E-state index in [0.717, 1.165) is 11.4 Å². The number of amides is 1. The fourth-order valence-electron chi connectivity index (χ4n) is 2.36. The number of hydrogen-bond donors (Lipinski definition) is 2. The third-order valence-corrected chi connectivity index (χ3v) is 4.29. The molecule has 0 spiro atoms. The van der Waals surface area contributed by atoms with E-state index < -0.39 is 0 Å². The number of rotatable bonds is 6. The average molecular weight is 267 g/mol. The highest BCUT2D eigenvalue weighted by Gasteiger charge is 2.18. The molecule has 2 rings (SSSR count). The maximum atomic E-state index is 11.9. The molecule has 0 aromatic carbocycles. The zero-order chi connectivity index (χ0) is 12.8. The van der Waals surface area contributed by atoms with E-state index in [2.05, 4.69) is 22.5 Å². The average Bonchev–Trinajstić information content (AvgIpc) is 3.05. The van der Waals surface area contributed by atoms with E-state index >= 15 is 0 Å². The van der Waals surface area contributed by atoms with Crippen molar-refractivity contribution in [2.75, 3.05) is 6.54 Å². The summed E-state index contributed by atoms with van der Waals surface area (Å²) in [6.07, 6.45) is 7.65. The third-order valence-electron chi connectivity index (χ3n) is 3.40. The van der Waals surface area contributed by atoms with Gasteiger partial charge in [0, 0.05) is 17.6 Å². The predicted octanol–water partition coefficient (Wildman–Crippen LogP) is 2.24. The first-order valence-electron chi connectivity index (χ1n) is 6.71. The molecule has 1 aromatic rings. The molecule has 1 heterocycles. The van der Waals surface area contributed by atoms with Crippen molar-refractivity contribution in [2.45, 2.75) is 51.1 Å². The van der Waals surface area contributed by atoms with Crippen LogP contribution in [0.2, 0.25) is 0 Å². The molecule has 100 valence electrons. The van der Waals surface area contributed by atoms with Gasteiger partial charge in [0.1, 0.15) is 5.01 Å². The van der Waals surface area contributed by atoms with Gasteiger partial charge in [-0.1, -0.05) is 19.8 Å². The number of aromatic nitrogens is 1. The second-order valence-corrected chi connectivity index (χ2v) is 5.69. The molecule has 0 radical (unpaired) electrons. The Morgan fingerprint density at radius 2 is 2.33 bits per heavy atom. The number of nitrogens with zero attached hydrogens (tertiary/aromatic N) is 1. The van der Waals surface area contributed by atoms with E-state index in [9.17, 15) is 4.79 Å². The molecule has 0 bridgehead atoms. The summed E-state index contributed by atoms with van der Waals surface area (Å²) in [5.41, 5.74) is 0. The quantitative estimate of drug-likeness (QED) is 0.831. The van der Waals surface area contributed by atoms with Gasteiger partial charge in [-0.25, -0.2) is 4.98 Å². The van der Waals surface area contributed by atoms with Crippen molar-refractivity contribution in [3.63, 3.8) is 0 Å². The van der Waals surface area contributed by atoms with Crippen molar-refractivity contribution in [1.82, 2.24) is 15.6 Å². The number of carbonyl (C=O) groups is 1. The van der Waals surface area contributed by atoms with E-state index in [-0.39, 0.29) is 11.9 Å². The van der Waals surface area contributed by atoms with Gasteiger partial charge in [-0.05, 0) is 19.3 Å². The lowest BCUT2D eigenvalue weighted by Crippen LogP contribution is -2.39. The molecule has 1 aliphatic carbocycles. The number of thiazole rings is 1. The Hall–Kier alpha value is -0.940. The van der Waals surface area contributed by atoms with Crippen LogP contribution >= 0.6 is 11.3 Å². The number of hydrogen-bond acceptors (Lipinski definition) is 4. The van der Waals surface area contributed by atoms with Gasteiger partial charge in [0.25, 0.3) is 0 Å². The Labute approximate surface area is 112 Å². The lowest BCUT2D eigenvalue weighted by molar-refractivity contribution is -0.121. The predicted molar refractivity (Wildman–Crippen MR) is 73.5 cm³/mol. The fourth-order valence-corrected chi connectivity index (χ4v) is 3.13. The molecule has 18 heavy (non-hydrogen) atoms. The van der Waals surface area contributed by atoms with Crippen LogP contribution in [0.1, 0.15) is 50.1 Å². The van der Waals surface area contributed by atoms with Crippen LogP contribution in [0.4, 0.5) is 0 Å². The first kappa shape index (κ1) is 13.5. The Bertz CT molecular complexity index is 360. The van der Waals surface area contributed by atoms with Crippen molar-refractivity contribution >= 4 is 17.2 Å². The van der Waals surface area contributed by atoms with Crippen LogP contribution in [0.25, 0.3) is 0 Å². The smallest absolute Gasteiger partial charge is 0.234 e. The lowest BCUT2D eigenvalue weighted by Gasteiger charge is -2.16. The van der Waals surface area contributed by atoms with Gasteiger partial charge in [-0.15, -0.1) is 11.3 Å². The van der Waals surface area contributed by atoms with E-state index in [0.29, 0.717) is 12.6 Å². The second-order valence-electron chi connectivity index (χ2n) is 4.76. The third kappa shape index (κ3) is 3.78. The molecule has 1 atom stereocenters. The second kappa shape index (κ2) is 6.85. The molecule has 1 saturated carbocycles. The zero-order valence-electron chi connectivity index (χ0n) is 10.8. The molecule has 1 amide bonds. The molecular weight excluding hydrogens is 246 g/mol. The molecule has 5 heteroatoms. The molecule has 2 N–H and O–H groups in total. The summed E-state index contributed by atoms with van der Waals surface area (Å²) in [6.45, 7) is 2.49. The zero-order valence-corrected chi connectivity index (χ0v) is 11.6. The van der Waals surface area contributed by atoms with Gasteiger partial charge < -0.3 is 10.6 Å². The summed E-state index contributed by atoms with van der Waals surface area (Å²) in [6, 6.07) is 0.596. The van der Waals surface area contributed by atoms with Gasteiger partial charge in [-0.2, -0.15) is 0 Å². The van der Waals surface area contributed by atoms with Gasteiger partial charge in [-0.3, -0.25) is 4.79 Å². The van der Waals surface area contributed by atoms with Gasteiger partial charge in [0.05, 0.1) is 12.6 Å². The largest absolute Gasteiger partial charge is 0.346 e. The molecule has 0 aliphatic heterocycles. The Morgan fingerprint density at radius 1 is 1.56 bits per heavy atom. The van der Waals surface area contributed by atoms with Crippen LogP contribution in [-0.2, 0) is 4.79 Å². The minimum Gasteiger partial charge on any atom is -0.346 e. The summed E-state index contributed by atoms with van der Waals surface area (Å²) < 4.78 is 0. The highest BCUT2D eigenvalue weighted by atomic mass is 32.1. The van der Waals surface area contributed by atoms with Crippen LogP contribution < -0.4 is 10.6 Å². The summed E-state index contributed by atoms with van der Waals surface area (Å²) in [7, 11) is 0. The molecule has 1 unspecified atom stereocenters. The minimum atomic E-state index is 0.0582. The standard InChI is InChI=1S/C13H21N3OS/c1-2-11(13-14-7-8-18-13)16-12(17)9-15-10-5-3-4-6-10/h7-8,10-11,15H,2-6,9H2,1H3,(H,16,17). The highest BCUT2D eigenvalue weighted by molar-refractivity contribution is 7.09. The Morgan fingerprint density at radius 3 is 2.94 bits per heavy atom. The van der Waals surface area contributed by atoms with Crippen molar-refractivity contribution in [3.05, 3.63) is 16.6 Å². The molecular formula is C13H21N3OS. The lowest BCUT2D eigenvalue weighted by atomic mass is 10.2. The van der Waals surface area contributed by atoms with Crippen LogP contribution in [-0.4, -0.2) is 23.5 Å². The van der Waals surface area contributed by atoms with E-state index in [1.54, 1.807) is 17.5 Å². The monoisotopic (exact) mass is 267 g/mol. The number of carbonyl (C=O) groups excluding carboxylic acids is 1. The maximum Gasteiger partial charge on any atom is 0.234 e. The molecule has 0 saturated heterocycles. The summed E-state index contributed by atoms with van der Waals surface area (Å²) >= 11 is 1.59. The topological polar surface area (TPSA) is 54.0 Å². The van der Waals surface area contributed by atoms with Crippen LogP contribution in [0, 0.1) is 0 Å². The van der Waals surface area contributed by atoms with Crippen LogP contribution in [0.5, 0.6) is 0 Å². The van der Waals surface area contributed by atoms with Crippen molar-refractivity contribution in [2.24, 2.45) is 0 Å². The first-order valence-corrected chi connectivity index (χ1v) is 7.59. The Kier molecular flexibility index (Phi) is 5.13. The van der Waals surface area contributed by atoms with Gasteiger partial charge in [0.15, 0.2) is 0 Å². The molecule has 1 fully saturated rings. The van der Waals surface area contributed by atoms with Crippen LogP contribution in [0.3, 0.4) is 0 Å². The van der Waals surface area contributed by atoms with Gasteiger partial charge in [0.2, 0.25) is 5.91 Å². The SMILES string of the molecule is CCC(NC(=O)CNC1CCCC1)c1nccs1. The van der Waals surface area contributed by atoms with Crippen molar-refractivity contribution in [3.8, 4) is 0 Å². The highest BCUT2D eigenvalue weighted by Crippen LogP contribution is 2.19. The first-order chi connectivity index (χ1) is 8.79. The Balaban J connectivity index is 1.75. The normalized spacial score (nSPS) is 17.8. The molecule has 1 aliphatic rings. The van der Waals surface area contributed by atoms with E-state index in [4.69, 9.17) is 0 Å². The maximum absolute atomic E-state index is 11.9. The van der Waals surface area contributed by atoms with E-state index in [1.807, 2.05) is 5.38 Å². The number of nitrogens with one attached hydrogen (secondary N) is 2.